The Morgan fingerprint density at radius 3 is 2.71 bits per heavy atom. The van der Waals surface area contributed by atoms with E-state index >= 15 is 0 Å². The van der Waals surface area contributed by atoms with Crippen LogP contribution in [-0.2, 0) is 11.2 Å². The minimum absolute atomic E-state index is 0. The Bertz CT molecular complexity index is 460. The summed E-state index contributed by atoms with van der Waals surface area (Å²) >= 11 is 0. The lowest BCUT2D eigenvalue weighted by Gasteiger charge is -2.23. The van der Waals surface area contributed by atoms with Crippen molar-refractivity contribution in [2.75, 3.05) is 26.7 Å². The smallest absolute Gasteiger partial charge is 0.224 e. The summed E-state index contributed by atoms with van der Waals surface area (Å²) in [7, 11) is 1.67. The number of hydrogen-bond donors (Lipinski definition) is 2. The van der Waals surface area contributed by atoms with Crippen molar-refractivity contribution in [2.45, 2.75) is 32.1 Å². The van der Waals surface area contributed by atoms with Crippen molar-refractivity contribution < 1.29 is 9.53 Å². The lowest BCUT2D eigenvalue weighted by molar-refractivity contribution is -0.120. The molecule has 0 spiro atoms. The minimum Gasteiger partial charge on any atom is -0.496 e. The lowest BCUT2D eigenvalue weighted by Crippen LogP contribution is -2.26. The number of carbonyl (C=O) groups is 1. The Labute approximate surface area is 133 Å². The van der Waals surface area contributed by atoms with Crippen LogP contribution in [0.4, 0.5) is 0 Å². The van der Waals surface area contributed by atoms with Gasteiger partial charge in [-0.1, -0.05) is 12.1 Å². The maximum Gasteiger partial charge on any atom is 0.224 e. The largest absolute Gasteiger partial charge is 0.496 e. The molecule has 4 nitrogen and oxygen atoms in total. The van der Waals surface area contributed by atoms with Crippen LogP contribution in [-0.4, -0.2) is 32.7 Å². The van der Waals surface area contributed by atoms with Crippen LogP contribution in [0.1, 0.15) is 36.8 Å². The molecule has 1 aromatic rings. The highest BCUT2D eigenvalue weighted by molar-refractivity contribution is 5.85. The predicted molar refractivity (Wildman–Crippen MR) is 87.5 cm³/mol. The second-order valence-electron chi connectivity index (χ2n) is 5.23. The van der Waals surface area contributed by atoms with Crippen LogP contribution < -0.4 is 15.4 Å². The highest BCUT2D eigenvalue weighted by atomic mass is 35.5. The van der Waals surface area contributed by atoms with Gasteiger partial charge in [-0.2, -0.15) is 0 Å². The molecule has 0 saturated carbocycles. The lowest BCUT2D eigenvalue weighted by atomic mass is 9.89. The summed E-state index contributed by atoms with van der Waals surface area (Å²) in [5.74, 6) is 1.47. The van der Waals surface area contributed by atoms with Crippen molar-refractivity contribution >= 4 is 18.3 Å². The van der Waals surface area contributed by atoms with Gasteiger partial charge in [0.25, 0.3) is 0 Å². The summed E-state index contributed by atoms with van der Waals surface area (Å²) < 4.78 is 5.46. The molecule has 1 saturated heterocycles. The second-order valence-corrected chi connectivity index (χ2v) is 5.23. The Morgan fingerprint density at radius 1 is 1.38 bits per heavy atom. The number of ether oxygens (including phenoxy) is 1. The number of halogens is 1. The van der Waals surface area contributed by atoms with Crippen molar-refractivity contribution in [2.24, 2.45) is 0 Å². The topological polar surface area (TPSA) is 50.4 Å². The third kappa shape index (κ3) is 4.90. The van der Waals surface area contributed by atoms with Crippen LogP contribution in [0.2, 0.25) is 0 Å². The van der Waals surface area contributed by atoms with E-state index in [1.807, 2.05) is 13.0 Å². The normalized spacial score (nSPS) is 15.1. The standard InChI is InChI=1S/C16H24N2O2.ClH/c1-3-18-16(19)11-14-5-4-13(10-15(14)20-2)12-6-8-17-9-7-12;/h4-5,10,12,17H,3,6-9,11H2,1-2H3,(H,18,19);1H. The quantitative estimate of drug-likeness (QED) is 0.877. The second kappa shape index (κ2) is 8.90. The molecule has 0 unspecified atom stereocenters. The van der Waals surface area contributed by atoms with Crippen LogP contribution in [0, 0.1) is 0 Å². The number of likely N-dealkylation sites (N-methyl/N-ethyl adjacent to an activating group) is 1. The molecule has 1 heterocycles. The minimum atomic E-state index is 0. The molecule has 1 fully saturated rings. The molecule has 5 heteroatoms. The number of piperidine rings is 1. The van der Waals surface area contributed by atoms with Gasteiger partial charge in [-0.15, -0.1) is 12.4 Å². The summed E-state index contributed by atoms with van der Waals surface area (Å²) in [6.45, 7) is 4.74. The van der Waals surface area contributed by atoms with Gasteiger partial charge in [-0.25, -0.2) is 0 Å². The van der Waals surface area contributed by atoms with Crippen molar-refractivity contribution in [3.63, 3.8) is 0 Å². The monoisotopic (exact) mass is 312 g/mol. The van der Waals surface area contributed by atoms with E-state index in [1.54, 1.807) is 7.11 Å². The number of hydrogen-bond acceptors (Lipinski definition) is 3. The number of amides is 1. The molecule has 2 N–H and O–H groups in total. The van der Waals surface area contributed by atoms with Gasteiger partial charge >= 0.3 is 0 Å². The summed E-state index contributed by atoms with van der Waals surface area (Å²) in [5, 5.41) is 6.20. The van der Waals surface area contributed by atoms with Crippen molar-refractivity contribution in [3.8, 4) is 5.75 Å². The average Bonchev–Trinajstić information content (AvgIpc) is 2.49. The Morgan fingerprint density at radius 2 is 2.10 bits per heavy atom. The summed E-state index contributed by atoms with van der Waals surface area (Å²) in [5.41, 5.74) is 2.28. The van der Waals surface area contributed by atoms with E-state index < -0.39 is 0 Å². The first-order valence-electron chi connectivity index (χ1n) is 7.38. The molecule has 0 bridgehead atoms. The van der Waals surface area contributed by atoms with E-state index in [2.05, 4.69) is 22.8 Å². The molecular formula is C16H25ClN2O2. The molecular weight excluding hydrogens is 288 g/mol. The third-order valence-corrected chi connectivity index (χ3v) is 3.85. The third-order valence-electron chi connectivity index (χ3n) is 3.85. The maximum atomic E-state index is 11.7. The molecule has 0 aliphatic carbocycles. The van der Waals surface area contributed by atoms with Crippen LogP contribution in [0.5, 0.6) is 5.75 Å². The average molecular weight is 313 g/mol. The summed E-state index contributed by atoms with van der Waals surface area (Å²) in [6.07, 6.45) is 2.71. The fourth-order valence-electron chi connectivity index (χ4n) is 2.75. The van der Waals surface area contributed by atoms with Crippen LogP contribution in [0.15, 0.2) is 18.2 Å². The van der Waals surface area contributed by atoms with Gasteiger partial charge in [0.15, 0.2) is 0 Å². The maximum absolute atomic E-state index is 11.7. The van der Waals surface area contributed by atoms with Crippen LogP contribution >= 0.6 is 12.4 Å². The van der Waals surface area contributed by atoms with E-state index in [4.69, 9.17) is 4.74 Å². The van der Waals surface area contributed by atoms with E-state index in [1.165, 1.54) is 18.4 Å². The number of methoxy groups -OCH3 is 1. The van der Waals surface area contributed by atoms with Gasteiger partial charge in [0.2, 0.25) is 5.91 Å². The Hall–Kier alpha value is -1.26. The number of nitrogens with one attached hydrogen (secondary N) is 2. The van der Waals surface area contributed by atoms with Crippen molar-refractivity contribution in [1.29, 1.82) is 0 Å². The van der Waals surface area contributed by atoms with E-state index in [0.29, 0.717) is 18.9 Å². The van der Waals surface area contributed by atoms with Crippen LogP contribution in [0.3, 0.4) is 0 Å². The molecule has 1 amide bonds. The van der Waals surface area contributed by atoms with E-state index in [-0.39, 0.29) is 18.3 Å². The number of rotatable bonds is 5. The molecule has 1 aliphatic heterocycles. The van der Waals surface area contributed by atoms with Gasteiger partial charge < -0.3 is 15.4 Å². The molecule has 21 heavy (non-hydrogen) atoms. The van der Waals surface area contributed by atoms with Gasteiger partial charge in [0.05, 0.1) is 13.5 Å². The van der Waals surface area contributed by atoms with Gasteiger partial charge in [-0.3, -0.25) is 4.79 Å². The fraction of sp³-hybridized carbons (Fsp3) is 0.562. The molecule has 0 radical (unpaired) electrons. The zero-order valence-electron chi connectivity index (χ0n) is 12.8. The first-order chi connectivity index (χ1) is 9.74. The molecule has 0 aromatic heterocycles. The van der Waals surface area contributed by atoms with Gasteiger partial charge in [-0.05, 0) is 50.4 Å². The summed E-state index contributed by atoms with van der Waals surface area (Å²) in [6, 6.07) is 6.28. The Balaban J connectivity index is 0.00000220. The van der Waals surface area contributed by atoms with Crippen molar-refractivity contribution in [1.82, 2.24) is 10.6 Å². The molecule has 2 rings (SSSR count). The molecule has 0 atom stereocenters. The Kier molecular flexibility index (Phi) is 7.54. The summed E-state index contributed by atoms with van der Waals surface area (Å²) in [4.78, 5) is 11.7. The number of carbonyl (C=O) groups excluding carboxylic acids is 1. The van der Waals surface area contributed by atoms with E-state index in [0.717, 1.165) is 24.4 Å². The molecule has 1 aromatic carbocycles. The predicted octanol–water partition coefficient (Wildman–Crippen LogP) is 2.26. The SMILES string of the molecule is CCNC(=O)Cc1ccc(C2CCNCC2)cc1OC.Cl. The van der Waals surface area contributed by atoms with E-state index in [9.17, 15) is 4.79 Å². The van der Waals surface area contributed by atoms with Crippen molar-refractivity contribution in [3.05, 3.63) is 29.3 Å². The zero-order valence-corrected chi connectivity index (χ0v) is 13.6. The van der Waals surface area contributed by atoms with Crippen LogP contribution in [0.25, 0.3) is 0 Å². The molecule has 118 valence electrons. The highest BCUT2D eigenvalue weighted by Crippen LogP contribution is 2.30. The van der Waals surface area contributed by atoms with Gasteiger partial charge in [0, 0.05) is 12.1 Å². The van der Waals surface area contributed by atoms with Gasteiger partial charge in [0.1, 0.15) is 5.75 Å². The first kappa shape index (κ1) is 17.8. The number of benzene rings is 1. The molecule has 1 aliphatic rings. The zero-order chi connectivity index (χ0) is 14.4. The fourth-order valence-corrected chi connectivity index (χ4v) is 2.75. The highest BCUT2D eigenvalue weighted by Gasteiger charge is 2.17. The first-order valence-corrected chi connectivity index (χ1v) is 7.38.